The van der Waals surface area contributed by atoms with Crippen molar-refractivity contribution in [1.82, 2.24) is 9.88 Å². The number of pyridine rings is 1. The second kappa shape index (κ2) is 8.23. The number of hydrogen-bond acceptors (Lipinski definition) is 4. The summed E-state index contributed by atoms with van der Waals surface area (Å²) in [5.74, 6) is -0.0799. The Morgan fingerprint density at radius 2 is 1.80 bits per heavy atom. The first-order chi connectivity index (χ1) is 12.1. The first-order valence-corrected chi connectivity index (χ1v) is 8.82. The van der Waals surface area contributed by atoms with E-state index in [0.717, 1.165) is 36.9 Å². The number of hydrogen-bond donors (Lipinski definition) is 2. The lowest BCUT2D eigenvalue weighted by molar-refractivity contribution is -0.118. The Morgan fingerprint density at radius 1 is 1.12 bits per heavy atom. The third kappa shape index (κ3) is 5.37. The predicted molar refractivity (Wildman–Crippen MR) is 98.0 cm³/mol. The minimum atomic E-state index is -0.675. The van der Waals surface area contributed by atoms with E-state index in [1.165, 1.54) is 0 Å². The molecule has 2 aromatic rings. The Hall–Kier alpha value is -2.24. The van der Waals surface area contributed by atoms with Crippen LogP contribution in [-0.2, 0) is 11.3 Å². The molecule has 0 bridgehead atoms. The minimum absolute atomic E-state index is 0.0799. The summed E-state index contributed by atoms with van der Waals surface area (Å²) in [6.45, 7) is 1.41. The monoisotopic (exact) mass is 339 g/mol. The van der Waals surface area contributed by atoms with E-state index in [4.69, 9.17) is 0 Å². The van der Waals surface area contributed by atoms with Crippen molar-refractivity contribution in [2.75, 3.05) is 18.4 Å². The molecule has 1 aliphatic carbocycles. The van der Waals surface area contributed by atoms with Crippen molar-refractivity contribution in [2.24, 2.45) is 0 Å². The molecule has 1 heterocycles. The lowest BCUT2D eigenvalue weighted by Crippen LogP contribution is -2.44. The summed E-state index contributed by atoms with van der Waals surface area (Å²) < 4.78 is 0. The highest BCUT2D eigenvalue weighted by Crippen LogP contribution is 2.30. The van der Waals surface area contributed by atoms with Gasteiger partial charge in [-0.1, -0.05) is 43.2 Å². The number of rotatable bonds is 7. The average molecular weight is 339 g/mol. The second-order valence-corrected chi connectivity index (χ2v) is 6.85. The van der Waals surface area contributed by atoms with Gasteiger partial charge in [-0.2, -0.15) is 0 Å². The van der Waals surface area contributed by atoms with Gasteiger partial charge in [0.25, 0.3) is 0 Å². The van der Waals surface area contributed by atoms with Gasteiger partial charge in [-0.05, 0) is 30.5 Å². The van der Waals surface area contributed by atoms with Crippen LogP contribution in [-0.4, -0.2) is 39.6 Å². The summed E-state index contributed by atoms with van der Waals surface area (Å²) in [5.41, 5.74) is 1.20. The number of carbonyl (C=O) groups excluding carboxylic acids is 1. The van der Waals surface area contributed by atoms with Crippen LogP contribution in [0.4, 0.5) is 5.69 Å². The molecule has 0 radical (unpaired) electrons. The fraction of sp³-hybridized carbons (Fsp3) is 0.400. The average Bonchev–Trinajstić information content (AvgIpc) is 3.02. The largest absolute Gasteiger partial charge is 0.389 e. The molecule has 1 fully saturated rings. The zero-order valence-electron chi connectivity index (χ0n) is 14.4. The maximum absolute atomic E-state index is 12.4. The number of aromatic nitrogens is 1. The van der Waals surface area contributed by atoms with E-state index in [-0.39, 0.29) is 12.5 Å². The predicted octanol–water partition coefficient (Wildman–Crippen LogP) is 2.83. The molecule has 1 aromatic heterocycles. The maximum atomic E-state index is 12.4. The number of anilines is 1. The van der Waals surface area contributed by atoms with Gasteiger partial charge in [0.1, 0.15) is 0 Å². The third-order valence-corrected chi connectivity index (χ3v) is 4.63. The highest BCUT2D eigenvalue weighted by atomic mass is 16.3. The number of benzene rings is 1. The molecular formula is C20H25N3O2. The van der Waals surface area contributed by atoms with E-state index >= 15 is 0 Å². The van der Waals surface area contributed by atoms with E-state index in [2.05, 4.69) is 10.3 Å². The van der Waals surface area contributed by atoms with E-state index < -0.39 is 5.60 Å². The number of carbonyl (C=O) groups is 1. The molecule has 0 spiro atoms. The van der Waals surface area contributed by atoms with Gasteiger partial charge in [-0.25, -0.2) is 0 Å². The van der Waals surface area contributed by atoms with E-state index in [1.807, 2.05) is 35.2 Å². The fourth-order valence-electron chi connectivity index (χ4n) is 3.46. The molecular weight excluding hydrogens is 314 g/mol. The van der Waals surface area contributed by atoms with Crippen LogP contribution in [0.25, 0.3) is 0 Å². The maximum Gasteiger partial charge on any atom is 0.238 e. The molecule has 1 amide bonds. The molecule has 25 heavy (non-hydrogen) atoms. The standard InChI is InChI=1S/C20H25N3O2/c24-19(22-18-8-12-21-13-9-18)15-23(14-17-6-2-1-3-7-17)16-20(25)10-4-5-11-20/h1-3,6-9,12-13,25H,4-5,10-11,14-16H2,(H,21,22,24). The SMILES string of the molecule is O=C(CN(Cc1ccccc1)CC1(O)CCCC1)Nc1ccncc1. The third-order valence-electron chi connectivity index (χ3n) is 4.63. The van der Waals surface area contributed by atoms with Gasteiger partial charge in [-0.15, -0.1) is 0 Å². The molecule has 0 saturated heterocycles. The number of amides is 1. The van der Waals surface area contributed by atoms with Crippen molar-refractivity contribution in [1.29, 1.82) is 0 Å². The van der Waals surface area contributed by atoms with Gasteiger partial charge >= 0.3 is 0 Å². The smallest absolute Gasteiger partial charge is 0.238 e. The van der Waals surface area contributed by atoms with Crippen LogP contribution in [0.1, 0.15) is 31.2 Å². The Bertz CT molecular complexity index is 670. The van der Waals surface area contributed by atoms with Crippen LogP contribution < -0.4 is 5.32 Å². The molecule has 0 atom stereocenters. The first kappa shape index (κ1) is 17.6. The zero-order chi connectivity index (χ0) is 17.5. The molecule has 3 rings (SSSR count). The topological polar surface area (TPSA) is 65.5 Å². The number of nitrogens with zero attached hydrogens (tertiary/aromatic N) is 2. The highest BCUT2D eigenvalue weighted by molar-refractivity contribution is 5.92. The quantitative estimate of drug-likeness (QED) is 0.814. The van der Waals surface area contributed by atoms with Crippen LogP contribution in [0.5, 0.6) is 0 Å². The lowest BCUT2D eigenvalue weighted by Gasteiger charge is -2.31. The molecule has 1 aliphatic rings. The van der Waals surface area contributed by atoms with Crippen LogP contribution in [0.2, 0.25) is 0 Å². The summed E-state index contributed by atoms with van der Waals surface area (Å²) in [4.78, 5) is 18.4. The number of aliphatic hydroxyl groups is 1. The first-order valence-electron chi connectivity index (χ1n) is 8.82. The summed E-state index contributed by atoms with van der Waals surface area (Å²) in [6.07, 6.45) is 7.03. The van der Waals surface area contributed by atoms with Gasteiger partial charge in [0, 0.05) is 31.2 Å². The van der Waals surface area contributed by atoms with Crippen molar-refractivity contribution >= 4 is 11.6 Å². The van der Waals surface area contributed by atoms with Crippen molar-refractivity contribution in [2.45, 2.75) is 37.8 Å². The second-order valence-electron chi connectivity index (χ2n) is 6.85. The van der Waals surface area contributed by atoms with Gasteiger partial charge in [-0.3, -0.25) is 14.7 Å². The van der Waals surface area contributed by atoms with Gasteiger partial charge < -0.3 is 10.4 Å². The Morgan fingerprint density at radius 3 is 2.48 bits per heavy atom. The normalized spacial score (nSPS) is 16.1. The Balaban J connectivity index is 1.65. The van der Waals surface area contributed by atoms with Crippen molar-refractivity contribution in [3.05, 3.63) is 60.4 Å². The molecule has 1 saturated carbocycles. The zero-order valence-corrected chi connectivity index (χ0v) is 14.4. The molecule has 0 aliphatic heterocycles. The molecule has 5 heteroatoms. The van der Waals surface area contributed by atoms with E-state index in [9.17, 15) is 9.90 Å². The van der Waals surface area contributed by atoms with Crippen LogP contribution in [0, 0.1) is 0 Å². The minimum Gasteiger partial charge on any atom is -0.389 e. The summed E-state index contributed by atoms with van der Waals surface area (Å²) in [6, 6.07) is 13.6. The molecule has 132 valence electrons. The molecule has 2 N–H and O–H groups in total. The highest BCUT2D eigenvalue weighted by Gasteiger charge is 2.33. The van der Waals surface area contributed by atoms with E-state index in [0.29, 0.717) is 13.1 Å². The summed E-state index contributed by atoms with van der Waals surface area (Å²) in [5, 5.41) is 13.7. The molecule has 1 aromatic carbocycles. The van der Waals surface area contributed by atoms with Gasteiger partial charge in [0.2, 0.25) is 5.91 Å². The van der Waals surface area contributed by atoms with Crippen molar-refractivity contribution < 1.29 is 9.90 Å². The van der Waals surface area contributed by atoms with Crippen LogP contribution in [0.3, 0.4) is 0 Å². The number of nitrogens with one attached hydrogen (secondary N) is 1. The molecule has 5 nitrogen and oxygen atoms in total. The van der Waals surface area contributed by atoms with E-state index in [1.54, 1.807) is 24.5 Å². The Kier molecular flexibility index (Phi) is 5.79. The van der Waals surface area contributed by atoms with Crippen molar-refractivity contribution in [3.63, 3.8) is 0 Å². The summed E-state index contributed by atoms with van der Waals surface area (Å²) in [7, 11) is 0. The molecule has 0 unspecified atom stereocenters. The summed E-state index contributed by atoms with van der Waals surface area (Å²) >= 11 is 0. The van der Waals surface area contributed by atoms with Crippen molar-refractivity contribution in [3.8, 4) is 0 Å². The van der Waals surface area contributed by atoms with Gasteiger partial charge in [0.15, 0.2) is 0 Å². The van der Waals surface area contributed by atoms with Crippen LogP contribution in [0.15, 0.2) is 54.9 Å². The lowest BCUT2D eigenvalue weighted by atomic mass is 10.0. The fourth-order valence-corrected chi connectivity index (χ4v) is 3.46. The van der Waals surface area contributed by atoms with Gasteiger partial charge in [0.05, 0.1) is 12.1 Å². The Labute approximate surface area is 148 Å². The van der Waals surface area contributed by atoms with Crippen LogP contribution >= 0.6 is 0 Å².